The van der Waals surface area contributed by atoms with Gasteiger partial charge in [0.25, 0.3) is 0 Å². The Hall–Kier alpha value is -3.35. The van der Waals surface area contributed by atoms with E-state index in [0.29, 0.717) is 25.5 Å². The lowest BCUT2D eigenvalue weighted by molar-refractivity contribution is -0.131. The lowest BCUT2D eigenvalue weighted by Crippen LogP contribution is -2.46. The SMILES string of the molecule is CN=C(NCC(=O)N1CCc2ccccc2C1)NCC1CC(=O)N(CCc2ccccc2)C1. The van der Waals surface area contributed by atoms with Crippen LogP contribution < -0.4 is 10.6 Å². The predicted octanol–water partition coefficient (Wildman–Crippen LogP) is 1.83. The van der Waals surface area contributed by atoms with Gasteiger partial charge in [-0.3, -0.25) is 14.6 Å². The van der Waals surface area contributed by atoms with Crippen LogP contribution in [-0.2, 0) is 29.0 Å². The maximum atomic E-state index is 12.7. The summed E-state index contributed by atoms with van der Waals surface area (Å²) in [7, 11) is 1.70. The largest absolute Gasteiger partial charge is 0.356 e. The van der Waals surface area contributed by atoms with Crippen molar-refractivity contribution in [3.63, 3.8) is 0 Å². The van der Waals surface area contributed by atoms with Crippen molar-refractivity contribution in [2.45, 2.75) is 25.8 Å². The molecule has 2 N–H and O–H groups in total. The maximum Gasteiger partial charge on any atom is 0.242 e. The Morgan fingerprint density at radius 2 is 1.82 bits per heavy atom. The van der Waals surface area contributed by atoms with Crippen molar-refractivity contribution in [2.75, 3.05) is 39.8 Å². The Kier molecular flexibility index (Phi) is 7.60. The molecular weight excluding hydrogens is 414 g/mol. The molecule has 2 aliphatic heterocycles. The van der Waals surface area contributed by atoms with Gasteiger partial charge in [-0.25, -0.2) is 0 Å². The molecule has 2 heterocycles. The Labute approximate surface area is 195 Å². The molecule has 1 unspecified atom stereocenters. The fourth-order valence-electron chi connectivity index (χ4n) is 4.56. The summed E-state index contributed by atoms with van der Waals surface area (Å²) in [5.41, 5.74) is 3.80. The second-order valence-corrected chi connectivity index (χ2v) is 8.79. The summed E-state index contributed by atoms with van der Waals surface area (Å²) < 4.78 is 0. The molecule has 2 aromatic rings. The molecule has 0 saturated carbocycles. The van der Waals surface area contributed by atoms with E-state index in [1.54, 1.807) is 7.05 Å². The molecule has 1 atom stereocenters. The number of carbonyl (C=O) groups excluding carboxylic acids is 2. The summed E-state index contributed by atoms with van der Waals surface area (Å²) in [6.45, 7) is 3.76. The molecule has 0 aliphatic carbocycles. The van der Waals surface area contributed by atoms with Gasteiger partial charge in [0, 0.05) is 52.1 Å². The maximum absolute atomic E-state index is 12.7. The van der Waals surface area contributed by atoms with E-state index in [-0.39, 0.29) is 24.3 Å². The van der Waals surface area contributed by atoms with E-state index in [4.69, 9.17) is 0 Å². The van der Waals surface area contributed by atoms with E-state index < -0.39 is 0 Å². The highest BCUT2D eigenvalue weighted by molar-refractivity contribution is 5.86. The number of likely N-dealkylation sites (tertiary alicyclic amines) is 1. The summed E-state index contributed by atoms with van der Waals surface area (Å²) >= 11 is 0. The summed E-state index contributed by atoms with van der Waals surface area (Å²) in [5.74, 6) is 1.11. The van der Waals surface area contributed by atoms with Crippen LogP contribution >= 0.6 is 0 Å². The number of nitrogens with one attached hydrogen (secondary N) is 2. The van der Waals surface area contributed by atoms with E-state index in [9.17, 15) is 9.59 Å². The van der Waals surface area contributed by atoms with Crippen molar-refractivity contribution in [3.05, 3.63) is 71.3 Å². The molecule has 4 rings (SSSR count). The number of carbonyl (C=O) groups is 2. The molecule has 7 heteroatoms. The van der Waals surface area contributed by atoms with Crippen LogP contribution in [0.5, 0.6) is 0 Å². The highest BCUT2D eigenvalue weighted by Crippen LogP contribution is 2.19. The van der Waals surface area contributed by atoms with Crippen molar-refractivity contribution < 1.29 is 9.59 Å². The Bertz CT molecular complexity index is 991. The van der Waals surface area contributed by atoms with Gasteiger partial charge in [-0.2, -0.15) is 0 Å². The average molecular weight is 448 g/mol. The van der Waals surface area contributed by atoms with Crippen molar-refractivity contribution in [1.82, 2.24) is 20.4 Å². The van der Waals surface area contributed by atoms with Gasteiger partial charge in [0.05, 0.1) is 6.54 Å². The number of guanidine groups is 1. The van der Waals surface area contributed by atoms with E-state index in [0.717, 1.165) is 32.5 Å². The third-order valence-electron chi connectivity index (χ3n) is 6.48. The fourth-order valence-corrected chi connectivity index (χ4v) is 4.56. The first-order valence-corrected chi connectivity index (χ1v) is 11.7. The van der Waals surface area contributed by atoms with Gasteiger partial charge < -0.3 is 20.4 Å². The zero-order valence-corrected chi connectivity index (χ0v) is 19.3. The van der Waals surface area contributed by atoms with Crippen LogP contribution in [0.3, 0.4) is 0 Å². The molecule has 174 valence electrons. The minimum atomic E-state index is 0.0654. The van der Waals surface area contributed by atoms with Gasteiger partial charge in [-0.15, -0.1) is 0 Å². The molecule has 2 aromatic carbocycles. The van der Waals surface area contributed by atoms with Crippen molar-refractivity contribution in [1.29, 1.82) is 0 Å². The highest BCUT2D eigenvalue weighted by atomic mass is 16.2. The second-order valence-electron chi connectivity index (χ2n) is 8.79. The van der Waals surface area contributed by atoms with Crippen LogP contribution in [0, 0.1) is 5.92 Å². The van der Waals surface area contributed by atoms with E-state index in [1.165, 1.54) is 16.7 Å². The number of fused-ring (bicyclic) bond motifs is 1. The van der Waals surface area contributed by atoms with Gasteiger partial charge in [-0.05, 0) is 29.5 Å². The molecule has 0 aromatic heterocycles. The molecule has 1 fully saturated rings. The van der Waals surface area contributed by atoms with Crippen LogP contribution in [-0.4, -0.2) is 67.3 Å². The second kappa shape index (κ2) is 11.0. The van der Waals surface area contributed by atoms with E-state index >= 15 is 0 Å². The van der Waals surface area contributed by atoms with Crippen LogP contribution in [0.4, 0.5) is 0 Å². The lowest BCUT2D eigenvalue weighted by atomic mass is 10.00. The number of hydrogen-bond donors (Lipinski definition) is 2. The Balaban J connectivity index is 1.18. The van der Waals surface area contributed by atoms with Gasteiger partial charge in [0.1, 0.15) is 0 Å². The van der Waals surface area contributed by atoms with Gasteiger partial charge in [0.2, 0.25) is 11.8 Å². The van der Waals surface area contributed by atoms with Gasteiger partial charge in [0.15, 0.2) is 5.96 Å². The van der Waals surface area contributed by atoms with E-state index in [1.807, 2.05) is 40.1 Å². The summed E-state index contributed by atoms with van der Waals surface area (Å²) in [5, 5.41) is 6.42. The highest BCUT2D eigenvalue weighted by Gasteiger charge is 2.29. The lowest BCUT2D eigenvalue weighted by Gasteiger charge is -2.29. The summed E-state index contributed by atoms with van der Waals surface area (Å²) in [6, 6.07) is 18.6. The summed E-state index contributed by atoms with van der Waals surface area (Å²) in [6.07, 6.45) is 2.31. The van der Waals surface area contributed by atoms with Gasteiger partial charge >= 0.3 is 0 Å². The van der Waals surface area contributed by atoms with Crippen LogP contribution in [0.1, 0.15) is 23.1 Å². The minimum absolute atomic E-state index is 0.0654. The molecule has 0 radical (unpaired) electrons. The third kappa shape index (κ3) is 6.12. The predicted molar refractivity (Wildman–Crippen MR) is 130 cm³/mol. The number of amides is 2. The van der Waals surface area contributed by atoms with Crippen molar-refractivity contribution in [2.24, 2.45) is 10.9 Å². The molecule has 1 saturated heterocycles. The molecule has 0 spiro atoms. The smallest absolute Gasteiger partial charge is 0.242 e. The van der Waals surface area contributed by atoms with Crippen LogP contribution in [0.15, 0.2) is 59.6 Å². The van der Waals surface area contributed by atoms with Crippen LogP contribution in [0.2, 0.25) is 0 Å². The molecular formula is C26H33N5O2. The molecule has 7 nitrogen and oxygen atoms in total. The number of benzene rings is 2. The zero-order chi connectivity index (χ0) is 23.0. The zero-order valence-electron chi connectivity index (χ0n) is 19.3. The quantitative estimate of drug-likeness (QED) is 0.502. The molecule has 2 amide bonds. The molecule has 2 aliphatic rings. The Morgan fingerprint density at radius 1 is 1.06 bits per heavy atom. The van der Waals surface area contributed by atoms with Crippen molar-refractivity contribution in [3.8, 4) is 0 Å². The first-order chi connectivity index (χ1) is 16.1. The average Bonchev–Trinajstić information content (AvgIpc) is 3.22. The number of aliphatic imine (C=N–C) groups is 1. The summed E-state index contributed by atoms with van der Waals surface area (Å²) in [4.78, 5) is 33.2. The van der Waals surface area contributed by atoms with Gasteiger partial charge in [-0.1, -0.05) is 54.6 Å². The third-order valence-corrected chi connectivity index (χ3v) is 6.48. The number of nitrogens with zero attached hydrogens (tertiary/aromatic N) is 3. The first-order valence-electron chi connectivity index (χ1n) is 11.7. The normalized spacial score (nSPS) is 18.3. The number of hydrogen-bond acceptors (Lipinski definition) is 3. The van der Waals surface area contributed by atoms with Crippen LogP contribution in [0.25, 0.3) is 0 Å². The van der Waals surface area contributed by atoms with Crippen molar-refractivity contribution >= 4 is 17.8 Å². The Morgan fingerprint density at radius 3 is 2.61 bits per heavy atom. The molecule has 33 heavy (non-hydrogen) atoms. The topological polar surface area (TPSA) is 77.0 Å². The monoisotopic (exact) mass is 447 g/mol. The first kappa shape index (κ1) is 22.8. The minimum Gasteiger partial charge on any atom is -0.356 e. The fraction of sp³-hybridized carbons (Fsp3) is 0.423. The molecule has 0 bridgehead atoms. The standard InChI is InChI=1S/C26H33N5O2/c1-27-26(29-17-25(33)31-14-12-22-9-5-6-10-23(22)19-31)28-16-21-15-24(32)30(18-21)13-11-20-7-3-2-4-8-20/h2-10,21H,11-19H2,1H3,(H2,27,28,29). The number of rotatable bonds is 7. The van der Waals surface area contributed by atoms with E-state index in [2.05, 4.69) is 39.9 Å².